The first-order valence-corrected chi connectivity index (χ1v) is 5.82. The van der Waals surface area contributed by atoms with Crippen molar-refractivity contribution in [3.05, 3.63) is 11.6 Å². The molecule has 0 spiro atoms. The van der Waals surface area contributed by atoms with Crippen molar-refractivity contribution < 1.29 is 9.59 Å². The van der Waals surface area contributed by atoms with Gasteiger partial charge in [-0.15, -0.1) is 0 Å². The zero-order valence-electron chi connectivity index (χ0n) is 9.82. The number of allylic oxidation sites excluding steroid dienone is 1. The van der Waals surface area contributed by atoms with Gasteiger partial charge in [0, 0.05) is 12.6 Å². The van der Waals surface area contributed by atoms with Crippen LogP contribution in [0.4, 0.5) is 0 Å². The summed E-state index contributed by atoms with van der Waals surface area (Å²) in [5.41, 5.74) is 1.21. The second kappa shape index (κ2) is 4.37. The monoisotopic (exact) mass is 222 g/mol. The van der Waals surface area contributed by atoms with Crippen LogP contribution in [-0.4, -0.2) is 35.3 Å². The van der Waals surface area contributed by atoms with Crippen molar-refractivity contribution in [3.63, 3.8) is 0 Å². The van der Waals surface area contributed by atoms with Gasteiger partial charge in [0.05, 0.1) is 12.5 Å². The van der Waals surface area contributed by atoms with Crippen molar-refractivity contribution in [1.82, 2.24) is 10.2 Å². The predicted molar refractivity (Wildman–Crippen MR) is 60.7 cm³/mol. The molecule has 4 nitrogen and oxygen atoms in total. The van der Waals surface area contributed by atoms with Crippen molar-refractivity contribution in [2.45, 2.75) is 45.2 Å². The summed E-state index contributed by atoms with van der Waals surface area (Å²) in [7, 11) is 0. The van der Waals surface area contributed by atoms with E-state index in [-0.39, 0.29) is 23.9 Å². The number of nitrogens with zero attached hydrogens (tertiary/aromatic N) is 1. The lowest BCUT2D eigenvalue weighted by Gasteiger charge is -2.13. The smallest absolute Gasteiger partial charge is 0.247 e. The summed E-state index contributed by atoms with van der Waals surface area (Å²) in [6, 6.07) is -0.0982. The Balaban J connectivity index is 1.90. The predicted octanol–water partition coefficient (Wildman–Crippen LogP) is 0.832. The zero-order valence-corrected chi connectivity index (χ0v) is 9.82. The van der Waals surface area contributed by atoms with E-state index in [2.05, 4.69) is 5.32 Å². The highest BCUT2D eigenvalue weighted by atomic mass is 16.2. The quantitative estimate of drug-likeness (QED) is 0.566. The number of rotatable bonds is 4. The van der Waals surface area contributed by atoms with Crippen molar-refractivity contribution in [2.24, 2.45) is 0 Å². The zero-order chi connectivity index (χ0) is 11.7. The second-order valence-electron chi connectivity index (χ2n) is 4.78. The van der Waals surface area contributed by atoms with Crippen molar-refractivity contribution in [2.75, 3.05) is 6.54 Å². The molecule has 0 aromatic carbocycles. The van der Waals surface area contributed by atoms with Crippen LogP contribution < -0.4 is 5.32 Å². The summed E-state index contributed by atoms with van der Waals surface area (Å²) in [5, 5.41) is 3.12. The number of amides is 2. The van der Waals surface area contributed by atoms with Gasteiger partial charge in [-0.3, -0.25) is 14.5 Å². The van der Waals surface area contributed by atoms with E-state index in [1.807, 2.05) is 19.9 Å². The van der Waals surface area contributed by atoms with Gasteiger partial charge < -0.3 is 5.32 Å². The summed E-state index contributed by atoms with van der Waals surface area (Å²) >= 11 is 0. The fourth-order valence-electron chi connectivity index (χ4n) is 1.93. The SMILES string of the molecule is CC(C)=CCNC1CC(=O)N(C2CC2)C1=O. The van der Waals surface area contributed by atoms with Gasteiger partial charge in [0.25, 0.3) is 0 Å². The Labute approximate surface area is 95.7 Å². The summed E-state index contributed by atoms with van der Waals surface area (Å²) in [5.74, 6) is -0.0446. The lowest BCUT2D eigenvalue weighted by atomic mass is 10.2. The molecular formula is C12H18N2O2. The molecular weight excluding hydrogens is 204 g/mol. The summed E-state index contributed by atoms with van der Waals surface area (Å²) in [6.07, 6.45) is 4.32. The van der Waals surface area contributed by atoms with E-state index in [1.54, 1.807) is 0 Å². The minimum Gasteiger partial charge on any atom is -0.302 e. The highest BCUT2D eigenvalue weighted by molar-refractivity contribution is 6.06. The third-order valence-corrected chi connectivity index (χ3v) is 2.97. The van der Waals surface area contributed by atoms with Crippen LogP contribution in [0.5, 0.6) is 0 Å². The maximum absolute atomic E-state index is 11.9. The third kappa shape index (κ3) is 2.32. The summed E-state index contributed by atoms with van der Waals surface area (Å²) in [4.78, 5) is 25.0. The molecule has 1 aliphatic carbocycles. The first-order chi connectivity index (χ1) is 7.59. The van der Waals surface area contributed by atoms with Crippen LogP contribution >= 0.6 is 0 Å². The Morgan fingerprint density at radius 1 is 1.44 bits per heavy atom. The standard InChI is InChI=1S/C12H18N2O2/c1-8(2)5-6-13-10-7-11(15)14(12(10)16)9-3-4-9/h5,9-10,13H,3-4,6-7H2,1-2H3. The van der Waals surface area contributed by atoms with Crippen LogP contribution in [0.15, 0.2) is 11.6 Å². The van der Waals surface area contributed by atoms with Crippen LogP contribution in [0.2, 0.25) is 0 Å². The van der Waals surface area contributed by atoms with Crippen LogP contribution in [-0.2, 0) is 9.59 Å². The van der Waals surface area contributed by atoms with E-state index >= 15 is 0 Å². The van der Waals surface area contributed by atoms with Crippen LogP contribution in [0, 0.1) is 0 Å². The molecule has 88 valence electrons. The second-order valence-corrected chi connectivity index (χ2v) is 4.78. The molecule has 1 unspecified atom stereocenters. The van der Waals surface area contributed by atoms with Gasteiger partial charge in [-0.05, 0) is 26.7 Å². The highest BCUT2D eigenvalue weighted by Gasteiger charge is 2.45. The number of hydrogen-bond acceptors (Lipinski definition) is 3. The van der Waals surface area contributed by atoms with E-state index in [1.165, 1.54) is 10.5 Å². The van der Waals surface area contributed by atoms with Crippen LogP contribution in [0.25, 0.3) is 0 Å². The Bertz CT molecular complexity index is 341. The molecule has 4 heteroatoms. The van der Waals surface area contributed by atoms with Crippen molar-refractivity contribution in [3.8, 4) is 0 Å². The molecule has 0 aromatic heterocycles. The molecule has 2 rings (SSSR count). The summed E-state index contributed by atoms with van der Waals surface area (Å²) < 4.78 is 0. The van der Waals surface area contributed by atoms with E-state index in [9.17, 15) is 9.59 Å². The van der Waals surface area contributed by atoms with Gasteiger partial charge in [-0.25, -0.2) is 0 Å². The van der Waals surface area contributed by atoms with E-state index in [4.69, 9.17) is 0 Å². The molecule has 0 bridgehead atoms. The Hall–Kier alpha value is -1.16. The first kappa shape index (κ1) is 11.3. The number of nitrogens with one attached hydrogen (secondary N) is 1. The number of hydrogen-bond donors (Lipinski definition) is 1. The fraction of sp³-hybridized carbons (Fsp3) is 0.667. The van der Waals surface area contributed by atoms with Gasteiger partial charge in [-0.1, -0.05) is 11.6 Å². The Morgan fingerprint density at radius 3 is 2.69 bits per heavy atom. The van der Waals surface area contributed by atoms with Crippen molar-refractivity contribution in [1.29, 1.82) is 0 Å². The molecule has 2 amide bonds. The lowest BCUT2D eigenvalue weighted by molar-refractivity contribution is -0.139. The average Bonchev–Trinajstić information content (AvgIpc) is 2.96. The molecule has 2 aliphatic rings. The largest absolute Gasteiger partial charge is 0.302 e. The molecule has 2 fully saturated rings. The minimum atomic E-state index is -0.302. The normalized spacial score (nSPS) is 25.1. The van der Waals surface area contributed by atoms with E-state index in [0.717, 1.165) is 12.8 Å². The maximum Gasteiger partial charge on any atom is 0.247 e. The number of carbonyl (C=O) groups is 2. The molecule has 1 atom stereocenters. The Kier molecular flexibility index (Phi) is 3.10. The number of imide groups is 1. The molecule has 16 heavy (non-hydrogen) atoms. The van der Waals surface area contributed by atoms with Gasteiger partial charge in [0.1, 0.15) is 0 Å². The van der Waals surface area contributed by atoms with Gasteiger partial charge in [0.15, 0.2) is 0 Å². The number of carbonyl (C=O) groups excluding carboxylic acids is 2. The molecule has 1 saturated carbocycles. The first-order valence-electron chi connectivity index (χ1n) is 5.82. The topological polar surface area (TPSA) is 49.4 Å². The van der Waals surface area contributed by atoms with Crippen LogP contribution in [0.1, 0.15) is 33.1 Å². The minimum absolute atomic E-state index is 0.0119. The van der Waals surface area contributed by atoms with Crippen LogP contribution in [0.3, 0.4) is 0 Å². The maximum atomic E-state index is 11.9. The molecule has 0 aromatic rings. The van der Waals surface area contributed by atoms with Gasteiger partial charge >= 0.3 is 0 Å². The number of likely N-dealkylation sites (tertiary alicyclic amines) is 1. The molecule has 1 N–H and O–H groups in total. The molecule has 1 aliphatic heterocycles. The van der Waals surface area contributed by atoms with Gasteiger partial charge in [0.2, 0.25) is 11.8 Å². The molecule has 1 heterocycles. The lowest BCUT2D eigenvalue weighted by Crippen LogP contribution is -2.39. The van der Waals surface area contributed by atoms with E-state index in [0.29, 0.717) is 13.0 Å². The highest BCUT2D eigenvalue weighted by Crippen LogP contribution is 2.31. The van der Waals surface area contributed by atoms with Crippen molar-refractivity contribution >= 4 is 11.8 Å². The van der Waals surface area contributed by atoms with E-state index < -0.39 is 0 Å². The molecule has 0 radical (unpaired) electrons. The average molecular weight is 222 g/mol. The van der Waals surface area contributed by atoms with Gasteiger partial charge in [-0.2, -0.15) is 0 Å². The summed E-state index contributed by atoms with van der Waals surface area (Å²) in [6.45, 7) is 4.68. The Morgan fingerprint density at radius 2 is 2.12 bits per heavy atom. The third-order valence-electron chi connectivity index (χ3n) is 2.97. The molecule has 1 saturated heterocycles. The fourth-order valence-corrected chi connectivity index (χ4v) is 1.93.